The molecule has 22 heavy (non-hydrogen) atoms. The van der Waals surface area contributed by atoms with E-state index >= 15 is 0 Å². The molecule has 0 aromatic heterocycles. The molecule has 0 spiro atoms. The van der Waals surface area contributed by atoms with E-state index in [4.69, 9.17) is 0 Å². The molecule has 0 saturated carbocycles. The number of rotatable bonds is 6. The molecular weight excluding hydrogens is 303 g/mol. The van der Waals surface area contributed by atoms with E-state index in [0.29, 0.717) is 18.0 Å². The van der Waals surface area contributed by atoms with E-state index in [0.717, 1.165) is 11.5 Å². The number of carbonyl (C=O) groups is 2. The molecule has 2 rings (SSSR count). The Balaban J connectivity index is 2.06. The van der Waals surface area contributed by atoms with Gasteiger partial charge in [0.2, 0.25) is 0 Å². The summed E-state index contributed by atoms with van der Waals surface area (Å²) in [6, 6.07) is 5.26. The Morgan fingerprint density at radius 2 is 1.91 bits per heavy atom. The summed E-state index contributed by atoms with van der Waals surface area (Å²) in [6.07, 6.45) is 0. The number of halogens is 1. The maximum atomic E-state index is 13.0. The van der Waals surface area contributed by atoms with Crippen LogP contribution in [0.5, 0.6) is 0 Å². The number of amides is 3. The Kier molecular flexibility index (Phi) is 5.11. The third kappa shape index (κ3) is 3.43. The van der Waals surface area contributed by atoms with Crippen molar-refractivity contribution in [1.29, 1.82) is 0 Å². The Hall–Kier alpha value is -1.56. The second-order valence-corrected chi connectivity index (χ2v) is 7.14. The number of nitrogens with one attached hydrogen (secondary N) is 1. The van der Waals surface area contributed by atoms with Crippen LogP contribution in [0.2, 0.25) is 0 Å². The van der Waals surface area contributed by atoms with Crippen molar-refractivity contribution in [2.24, 2.45) is 5.92 Å². The Bertz CT molecular complexity index is 562. The fourth-order valence-electron chi connectivity index (χ4n) is 2.35. The summed E-state index contributed by atoms with van der Waals surface area (Å²) in [5.74, 6) is 1.65. The minimum absolute atomic E-state index is 0.283. The van der Waals surface area contributed by atoms with E-state index in [9.17, 15) is 14.0 Å². The number of carbonyl (C=O) groups excluding carboxylic acids is 2. The molecule has 3 amide bonds. The number of imide groups is 1. The van der Waals surface area contributed by atoms with Crippen LogP contribution < -0.4 is 5.32 Å². The van der Waals surface area contributed by atoms with Crippen LogP contribution in [0, 0.1) is 11.7 Å². The standard InChI is InChI=1S/C16H21FN2O2S/c1-11(2)10-22-9-8-19-14(20)16(3,18-15(19)21)12-4-6-13(17)7-5-12/h4-7,11H,8-10H2,1-3H3,(H,18,21). The van der Waals surface area contributed by atoms with Gasteiger partial charge in [0.25, 0.3) is 5.91 Å². The monoisotopic (exact) mass is 324 g/mol. The molecule has 1 unspecified atom stereocenters. The summed E-state index contributed by atoms with van der Waals surface area (Å²) in [4.78, 5) is 25.9. The van der Waals surface area contributed by atoms with Crippen molar-refractivity contribution < 1.29 is 14.0 Å². The zero-order valence-electron chi connectivity index (χ0n) is 13.1. The van der Waals surface area contributed by atoms with Crippen LogP contribution >= 0.6 is 11.8 Å². The van der Waals surface area contributed by atoms with Gasteiger partial charge in [0.05, 0.1) is 0 Å². The van der Waals surface area contributed by atoms with E-state index < -0.39 is 5.54 Å². The number of urea groups is 1. The first-order valence-corrected chi connectivity index (χ1v) is 8.48. The van der Waals surface area contributed by atoms with Gasteiger partial charge in [0, 0.05) is 12.3 Å². The second kappa shape index (κ2) is 6.69. The van der Waals surface area contributed by atoms with Gasteiger partial charge in [-0.25, -0.2) is 9.18 Å². The van der Waals surface area contributed by atoms with Crippen LogP contribution in [-0.4, -0.2) is 34.9 Å². The van der Waals surface area contributed by atoms with Crippen molar-refractivity contribution in [3.05, 3.63) is 35.6 Å². The van der Waals surface area contributed by atoms with Crippen LogP contribution in [0.4, 0.5) is 9.18 Å². The van der Waals surface area contributed by atoms with Crippen molar-refractivity contribution in [2.75, 3.05) is 18.1 Å². The largest absolute Gasteiger partial charge is 0.325 e. The highest BCUT2D eigenvalue weighted by Gasteiger charge is 2.48. The number of thioether (sulfide) groups is 1. The fourth-order valence-corrected chi connectivity index (χ4v) is 3.30. The summed E-state index contributed by atoms with van der Waals surface area (Å²) in [7, 11) is 0. The van der Waals surface area contributed by atoms with Gasteiger partial charge in [0.1, 0.15) is 11.4 Å². The smallest absolute Gasteiger partial charge is 0.319 e. The Labute approximate surface area is 134 Å². The molecule has 120 valence electrons. The van der Waals surface area contributed by atoms with Crippen LogP contribution in [0.3, 0.4) is 0 Å². The van der Waals surface area contributed by atoms with Crippen molar-refractivity contribution in [3.63, 3.8) is 0 Å². The van der Waals surface area contributed by atoms with E-state index in [-0.39, 0.29) is 17.8 Å². The SMILES string of the molecule is CC(C)CSCCN1C(=O)NC(C)(c2ccc(F)cc2)C1=O. The lowest BCUT2D eigenvalue weighted by Crippen LogP contribution is -2.41. The molecule has 1 aromatic rings. The third-order valence-electron chi connectivity index (χ3n) is 3.61. The average molecular weight is 324 g/mol. The molecule has 1 saturated heterocycles. The molecule has 1 aromatic carbocycles. The van der Waals surface area contributed by atoms with Gasteiger partial charge < -0.3 is 5.32 Å². The molecular formula is C16H21FN2O2S. The van der Waals surface area contributed by atoms with E-state index in [1.165, 1.54) is 29.2 Å². The number of hydrogen-bond donors (Lipinski definition) is 1. The summed E-state index contributed by atoms with van der Waals surface area (Å²) >= 11 is 1.73. The molecule has 1 aliphatic rings. The number of nitrogens with zero attached hydrogens (tertiary/aromatic N) is 1. The minimum Gasteiger partial charge on any atom is -0.319 e. The first-order valence-electron chi connectivity index (χ1n) is 7.32. The van der Waals surface area contributed by atoms with Gasteiger partial charge in [-0.05, 0) is 36.3 Å². The van der Waals surface area contributed by atoms with Gasteiger partial charge in [-0.1, -0.05) is 26.0 Å². The molecule has 1 heterocycles. The average Bonchev–Trinajstić information content (AvgIpc) is 2.67. The lowest BCUT2D eigenvalue weighted by Gasteiger charge is -2.22. The highest BCUT2D eigenvalue weighted by molar-refractivity contribution is 7.99. The lowest BCUT2D eigenvalue weighted by molar-refractivity contribution is -0.130. The van der Waals surface area contributed by atoms with Crippen LogP contribution in [-0.2, 0) is 10.3 Å². The van der Waals surface area contributed by atoms with Gasteiger partial charge in [-0.15, -0.1) is 0 Å². The molecule has 6 heteroatoms. The van der Waals surface area contributed by atoms with Crippen LogP contribution in [0.15, 0.2) is 24.3 Å². The third-order valence-corrected chi connectivity index (χ3v) is 4.98. The van der Waals surface area contributed by atoms with Crippen molar-refractivity contribution in [3.8, 4) is 0 Å². The maximum absolute atomic E-state index is 13.0. The molecule has 0 radical (unpaired) electrons. The van der Waals surface area contributed by atoms with E-state index in [1.54, 1.807) is 18.7 Å². The van der Waals surface area contributed by atoms with Crippen molar-refractivity contribution >= 4 is 23.7 Å². The number of hydrogen-bond acceptors (Lipinski definition) is 3. The molecule has 1 aliphatic heterocycles. The Morgan fingerprint density at radius 1 is 1.27 bits per heavy atom. The van der Waals surface area contributed by atoms with Gasteiger partial charge >= 0.3 is 6.03 Å². The first-order chi connectivity index (χ1) is 10.3. The predicted octanol–water partition coefficient (Wildman–Crippen LogP) is 2.98. The molecule has 0 aliphatic carbocycles. The summed E-state index contributed by atoms with van der Waals surface area (Å²) in [5, 5.41) is 2.72. The van der Waals surface area contributed by atoms with E-state index in [1.807, 2.05) is 0 Å². The van der Waals surface area contributed by atoms with Gasteiger partial charge in [-0.3, -0.25) is 9.69 Å². The minimum atomic E-state index is -1.12. The molecule has 1 N–H and O–H groups in total. The number of benzene rings is 1. The molecule has 1 atom stereocenters. The highest BCUT2D eigenvalue weighted by Crippen LogP contribution is 2.29. The lowest BCUT2D eigenvalue weighted by atomic mass is 9.92. The second-order valence-electron chi connectivity index (χ2n) is 5.99. The normalized spacial score (nSPS) is 21.6. The molecule has 4 nitrogen and oxygen atoms in total. The fraction of sp³-hybridized carbons (Fsp3) is 0.500. The predicted molar refractivity (Wildman–Crippen MR) is 86.2 cm³/mol. The van der Waals surface area contributed by atoms with Gasteiger partial charge in [-0.2, -0.15) is 11.8 Å². The summed E-state index contributed by atoms with van der Waals surface area (Å²) < 4.78 is 13.0. The van der Waals surface area contributed by atoms with Crippen LogP contribution in [0.25, 0.3) is 0 Å². The quantitative estimate of drug-likeness (QED) is 0.646. The first kappa shape index (κ1) is 16.8. The molecule has 0 bridgehead atoms. The van der Waals surface area contributed by atoms with Gasteiger partial charge in [0.15, 0.2) is 0 Å². The summed E-state index contributed by atoms with van der Waals surface area (Å²) in [6.45, 7) is 6.30. The van der Waals surface area contributed by atoms with Crippen molar-refractivity contribution in [2.45, 2.75) is 26.3 Å². The van der Waals surface area contributed by atoms with Crippen LogP contribution in [0.1, 0.15) is 26.3 Å². The van der Waals surface area contributed by atoms with E-state index in [2.05, 4.69) is 19.2 Å². The zero-order valence-corrected chi connectivity index (χ0v) is 13.9. The van der Waals surface area contributed by atoms with Crippen molar-refractivity contribution in [1.82, 2.24) is 10.2 Å². The highest BCUT2D eigenvalue weighted by atomic mass is 32.2. The maximum Gasteiger partial charge on any atom is 0.325 e. The topological polar surface area (TPSA) is 49.4 Å². The Morgan fingerprint density at radius 3 is 2.50 bits per heavy atom. The molecule has 1 fully saturated rings. The summed E-state index contributed by atoms with van der Waals surface area (Å²) in [5.41, 5.74) is -0.530. The zero-order chi connectivity index (χ0) is 16.3.